The quantitative estimate of drug-likeness (QED) is 0.577. The molecule has 3 fully saturated rings. The highest BCUT2D eigenvalue weighted by molar-refractivity contribution is 7.15. The molecule has 0 N–H and O–H groups in total. The van der Waals surface area contributed by atoms with Crippen LogP contribution in [0.1, 0.15) is 55.2 Å². The molecule has 32 heavy (non-hydrogen) atoms. The Kier molecular flexibility index (Phi) is 6.69. The molecule has 0 aliphatic carbocycles. The standard InChI is InChI=1S/C25H35N3O3S/c1-17-23(32-24(26-17)20-9-8-19(29-2)16-21(20)30-3)22-25(31-22)28-14-10-18(11-15-28)27-12-6-4-5-7-13-27/h8-9,16,18,22,25H,4-7,10-15H2,1-3H3. The summed E-state index contributed by atoms with van der Waals surface area (Å²) in [5.41, 5.74) is 2.07. The van der Waals surface area contributed by atoms with Crippen LogP contribution in [0.5, 0.6) is 11.5 Å². The van der Waals surface area contributed by atoms with E-state index in [1.807, 2.05) is 18.2 Å². The fourth-order valence-corrected chi connectivity index (χ4v) is 6.45. The van der Waals surface area contributed by atoms with Gasteiger partial charge in [0.1, 0.15) is 28.8 Å². The Morgan fingerprint density at radius 2 is 1.72 bits per heavy atom. The number of epoxide rings is 1. The number of aryl methyl sites for hydroxylation is 1. The van der Waals surface area contributed by atoms with Crippen molar-refractivity contribution < 1.29 is 14.2 Å². The van der Waals surface area contributed by atoms with E-state index in [9.17, 15) is 0 Å². The lowest BCUT2D eigenvalue weighted by Gasteiger charge is -2.37. The molecule has 1 aromatic heterocycles. The third-order valence-corrected chi connectivity index (χ3v) is 8.47. The Balaban J connectivity index is 1.22. The number of hydrogen-bond acceptors (Lipinski definition) is 7. The van der Waals surface area contributed by atoms with Gasteiger partial charge in [-0.15, -0.1) is 11.3 Å². The van der Waals surface area contributed by atoms with Crippen LogP contribution >= 0.6 is 11.3 Å². The lowest BCUT2D eigenvalue weighted by Crippen LogP contribution is -2.46. The molecule has 0 amide bonds. The van der Waals surface area contributed by atoms with Gasteiger partial charge in [0.25, 0.3) is 0 Å². The van der Waals surface area contributed by atoms with E-state index in [2.05, 4.69) is 16.7 Å². The normalized spacial score (nSPS) is 25.5. The summed E-state index contributed by atoms with van der Waals surface area (Å²) < 4.78 is 17.1. The average Bonchev–Trinajstić information content (AvgIpc) is 3.59. The lowest BCUT2D eigenvalue weighted by atomic mass is 10.0. The molecule has 2 aromatic rings. The van der Waals surface area contributed by atoms with Crippen LogP contribution in [0.25, 0.3) is 10.6 Å². The number of hydrogen-bond donors (Lipinski definition) is 0. The zero-order valence-electron chi connectivity index (χ0n) is 19.5. The predicted octanol–water partition coefficient (Wildman–Crippen LogP) is 4.87. The van der Waals surface area contributed by atoms with Crippen molar-refractivity contribution in [1.82, 2.24) is 14.8 Å². The van der Waals surface area contributed by atoms with E-state index in [4.69, 9.17) is 19.2 Å². The summed E-state index contributed by atoms with van der Waals surface area (Å²) in [6, 6.07) is 6.66. The van der Waals surface area contributed by atoms with Gasteiger partial charge in [-0.1, -0.05) is 12.8 Å². The molecule has 3 aliphatic rings. The minimum absolute atomic E-state index is 0.153. The highest BCUT2D eigenvalue weighted by atomic mass is 32.1. The summed E-state index contributed by atoms with van der Waals surface area (Å²) in [5.74, 6) is 1.57. The Morgan fingerprint density at radius 1 is 0.969 bits per heavy atom. The number of likely N-dealkylation sites (tertiary alicyclic amines) is 2. The van der Waals surface area contributed by atoms with Gasteiger partial charge in [-0.2, -0.15) is 0 Å². The summed E-state index contributed by atoms with van der Waals surface area (Å²) in [4.78, 5) is 11.4. The largest absolute Gasteiger partial charge is 0.497 e. The van der Waals surface area contributed by atoms with E-state index in [0.29, 0.717) is 0 Å². The molecule has 5 rings (SSSR count). The smallest absolute Gasteiger partial charge is 0.143 e. The summed E-state index contributed by atoms with van der Waals surface area (Å²) in [5, 5.41) is 0.978. The number of ether oxygens (including phenoxy) is 3. The molecule has 7 heteroatoms. The molecule has 6 nitrogen and oxygen atoms in total. The van der Waals surface area contributed by atoms with Crippen LogP contribution in [0, 0.1) is 6.92 Å². The van der Waals surface area contributed by atoms with E-state index >= 15 is 0 Å². The molecular weight excluding hydrogens is 422 g/mol. The molecule has 3 saturated heterocycles. The SMILES string of the molecule is COc1ccc(-c2nc(C)c(C3OC3N3CCC(N4CCCCCC4)CC3)s2)c(OC)c1. The van der Waals surface area contributed by atoms with Gasteiger partial charge in [-0.05, 0) is 57.8 Å². The second-order valence-corrected chi connectivity index (χ2v) is 10.2. The highest BCUT2D eigenvalue weighted by Crippen LogP contribution is 2.48. The van der Waals surface area contributed by atoms with Crippen LogP contribution in [0.2, 0.25) is 0 Å². The fourth-order valence-electron chi connectivity index (χ4n) is 5.30. The van der Waals surface area contributed by atoms with E-state index in [1.54, 1.807) is 25.6 Å². The maximum absolute atomic E-state index is 6.20. The van der Waals surface area contributed by atoms with E-state index < -0.39 is 0 Å². The third kappa shape index (κ3) is 4.53. The molecule has 4 heterocycles. The van der Waals surface area contributed by atoms with Crippen molar-refractivity contribution in [2.45, 2.75) is 63.8 Å². The first kappa shape index (κ1) is 22.1. The zero-order chi connectivity index (χ0) is 22.1. The van der Waals surface area contributed by atoms with Crippen molar-refractivity contribution in [3.63, 3.8) is 0 Å². The number of benzene rings is 1. The predicted molar refractivity (Wildman–Crippen MR) is 128 cm³/mol. The molecule has 0 spiro atoms. The van der Waals surface area contributed by atoms with Crippen molar-refractivity contribution in [1.29, 1.82) is 0 Å². The molecule has 174 valence electrons. The van der Waals surface area contributed by atoms with Crippen LogP contribution in [-0.4, -0.2) is 67.5 Å². The van der Waals surface area contributed by atoms with Crippen LogP contribution < -0.4 is 9.47 Å². The van der Waals surface area contributed by atoms with E-state index in [1.165, 1.54) is 56.5 Å². The first-order valence-corrected chi connectivity index (χ1v) is 12.8. The number of thiazole rings is 1. The first-order chi connectivity index (χ1) is 15.7. The van der Waals surface area contributed by atoms with Crippen LogP contribution in [0.4, 0.5) is 0 Å². The molecule has 1 aromatic carbocycles. The van der Waals surface area contributed by atoms with Gasteiger partial charge in [-0.25, -0.2) is 4.98 Å². The van der Waals surface area contributed by atoms with Crippen molar-refractivity contribution in [3.05, 3.63) is 28.8 Å². The minimum atomic E-state index is 0.153. The van der Waals surface area contributed by atoms with Gasteiger partial charge < -0.3 is 19.1 Å². The molecule has 0 saturated carbocycles. The van der Waals surface area contributed by atoms with Crippen LogP contribution in [0.15, 0.2) is 18.2 Å². The monoisotopic (exact) mass is 457 g/mol. The maximum atomic E-state index is 6.20. The highest BCUT2D eigenvalue weighted by Gasteiger charge is 2.47. The lowest BCUT2D eigenvalue weighted by molar-refractivity contribution is 0.0820. The fraction of sp³-hybridized carbons (Fsp3) is 0.640. The van der Waals surface area contributed by atoms with Crippen molar-refractivity contribution in [3.8, 4) is 22.1 Å². The van der Waals surface area contributed by atoms with Crippen molar-refractivity contribution in [2.24, 2.45) is 0 Å². The van der Waals surface area contributed by atoms with Gasteiger partial charge in [0.2, 0.25) is 0 Å². The second kappa shape index (κ2) is 9.67. The number of nitrogens with zero attached hydrogens (tertiary/aromatic N) is 3. The zero-order valence-corrected chi connectivity index (χ0v) is 20.3. The van der Waals surface area contributed by atoms with E-state index in [0.717, 1.165) is 46.9 Å². The summed E-state index contributed by atoms with van der Waals surface area (Å²) in [6.07, 6.45) is 8.47. The van der Waals surface area contributed by atoms with Gasteiger partial charge in [0.15, 0.2) is 0 Å². The Hall–Kier alpha value is -1.67. The Bertz CT molecular complexity index is 917. The summed E-state index contributed by atoms with van der Waals surface area (Å²) in [6.45, 7) is 6.96. The van der Waals surface area contributed by atoms with E-state index in [-0.39, 0.29) is 12.3 Å². The second-order valence-electron chi connectivity index (χ2n) is 9.20. The number of piperidine rings is 1. The number of methoxy groups -OCH3 is 2. The van der Waals surface area contributed by atoms with Gasteiger partial charge >= 0.3 is 0 Å². The Morgan fingerprint density at radius 3 is 2.41 bits per heavy atom. The summed E-state index contributed by atoms with van der Waals surface area (Å²) in [7, 11) is 3.36. The molecule has 0 radical (unpaired) electrons. The van der Waals surface area contributed by atoms with Gasteiger partial charge in [0, 0.05) is 25.2 Å². The molecule has 2 unspecified atom stereocenters. The van der Waals surface area contributed by atoms with Crippen LogP contribution in [0.3, 0.4) is 0 Å². The summed E-state index contributed by atoms with van der Waals surface area (Å²) >= 11 is 1.73. The minimum Gasteiger partial charge on any atom is -0.497 e. The van der Waals surface area contributed by atoms with Crippen LogP contribution in [-0.2, 0) is 4.74 Å². The molecule has 2 atom stereocenters. The van der Waals surface area contributed by atoms with Crippen molar-refractivity contribution in [2.75, 3.05) is 40.4 Å². The molecule has 0 bridgehead atoms. The van der Waals surface area contributed by atoms with Gasteiger partial charge in [0.05, 0.1) is 30.4 Å². The maximum Gasteiger partial charge on any atom is 0.143 e. The van der Waals surface area contributed by atoms with Crippen molar-refractivity contribution >= 4 is 11.3 Å². The molecule has 3 aliphatic heterocycles. The molecular formula is C25H35N3O3S. The first-order valence-electron chi connectivity index (χ1n) is 12.0. The third-order valence-electron chi connectivity index (χ3n) is 7.21. The Labute approximate surface area is 195 Å². The topological polar surface area (TPSA) is 50.4 Å². The number of rotatable bonds is 6. The van der Waals surface area contributed by atoms with Gasteiger partial charge in [-0.3, -0.25) is 4.90 Å². The average molecular weight is 458 g/mol. The number of aromatic nitrogens is 1.